The van der Waals surface area contributed by atoms with E-state index in [-0.39, 0.29) is 0 Å². The van der Waals surface area contributed by atoms with E-state index in [9.17, 15) is 0 Å². The molecule has 1 aliphatic heterocycles. The van der Waals surface area contributed by atoms with Crippen LogP contribution in [0.5, 0.6) is 0 Å². The minimum absolute atomic E-state index is 0.677. The van der Waals surface area contributed by atoms with E-state index in [0.29, 0.717) is 6.04 Å². The number of rotatable bonds is 5. The minimum atomic E-state index is 0.677. The van der Waals surface area contributed by atoms with Crippen LogP contribution >= 0.6 is 0 Å². The maximum atomic E-state index is 5.47. The molecule has 1 saturated carbocycles. The summed E-state index contributed by atoms with van der Waals surface area (Å²) in [7, 11) is 0. The molecule has 0 spiro atoms. The summed E-state index contributed by atoms with van der Waals surface area (Å²) in [6.07, 6.45) is 12.5. The van der Waals surface area contributed by atoms with Crippen LogP contribution in [0.1, 0.15) is 71.6 Å². The van der Waals surface area contributed by atoms with E-state index in [2.05, 4.69) is 19.2 Å². The van der Waals surface area contributed by atoms with Gasteiger partial charge in [-0.05, 0) is 50.9 Å². The van der Waals surface area contributed by atoms with Crippen LogP contribution in [-0.4, -0.2) is 25.3 Å². The maximum Gasteiger partial charge on any atom is 0.0469 e. The third kappa shape index (κ3) is 5.07. The summed E-state index contributed by atoms with van der Waals surface area (Å²) in [5.74, 6) is 1.85. The predicted molar refractivity (Wildman–Crippen MR) is 81.4 cm³/mol. The highest BCUT2D eigenvalue weighted by Gasteiger charge is 2.24. The quantitative estimate of drug-likeness (QED) is 0.756. The summed E-state index contributed by atoms with van der Waals surface area (Å²) in [6.45, 7) is 6.66. The summed E-state index contributed by atoms with van der Waals surface area (Å²) in [4.78, 5) is 0. The van der Waals surface area contributed by atoms with E-state index in [1.165, 1.54) is 57.8 Å². The Balaban J connectivity index is 1.72. The van der Waals surface area contributed by atoms with E-state index in [1.54, 1.807) is 0 Å². The van der Waals surface area contributed by atoms with Crippen molar-refractivity contribution in [2.75, 3.05) is 13.2 Å². The summed E-state index contributed by atoms with van der Waals surface area (Å²) in [6, 6.07) is 1.45. The van der Waals surface area contributed by atoms with Gasteiger partial charge in [0.2, 0.25) is 0 Å². The van der Waals surface area contributed by atoms with Gasteiger partial charge >= 0.3 is 0 Å². The van der Waals surface area contributed by atoms with Gasteiger partial charge in [0.15, 0.2) is 0 Å². The summed E-state index contributed by atoms with van der Waals surface area (Å²) < 4.78 is 5.47. The van der Waals surface area contributed by atoms with Gasteiger partial charge in [0.25, 0.3) is 0 Å². The van der Waals surface area contributed by atoms with E-state index < -0.39 is 0 Å². The van der Waals surface area contributed by atoms with Crippen molar-refractivity contribution in [2.45, 2.75) is 83.7 Å². The van der Waals surface area contributed by atoms with Crippen molar-refractivity contribution in [3.8, 4) is 0 Å². The molecule has 19 heavy (non-hydrogen) atoms. The lowest BCUT2D eigenvalue weighted by Gasteiger charge is -2.31. The van der Waals surface area contributed by atoms with Crippen molar-refractivity contribution < 1.29 is 4.74 Å². The van der Waals surface area contributed by atoms with Crippen LogP contribution in [0.25, 0.3) is 0 Å². The van der Waals surface area contributed by atoms with E-state index in [4.69, 9.17) is 4.74 Å². The van der Waals surface area contributed by atoms with Crippen molar-refractivity contribution in [1.29, 1.82) is 0 Å². The van der Waals surface area contributed by atoms with Crippen LogP contribution in [0.3, 0.4) is 0 Å². The normalized spacial score (nSPS) is 31.9. The van der Waals surface area contributed by atoms with Crippen molar-refractivity contribution in [3.05, 3.63) is 0 Å². The zero-order valence-corrected chi connectivity index (χ0v) is 13.0. The zero-order valence-electron chi connectivity index (χ0n) is 13.0. The molecule has 1 aliphatic carbocycles. The van der Waals surface area contributed by atoms with Crippen molar-refractivity contribution in [3.63, 3.8) is 0 Å². The van der Waals surface area contributed by atoms with E-state index in [0.717, 1.165) is 31.1 Å². The summed E-state index contributed by atoms with van der Waals surface area (Å²) in [5.41, 5.74) is 0. The molecule has 3 unspecified atom stereocenters. The molecule has 2 aliphatic rings. The number of ether oxygens (including phenoxy) is 1. The molecule has 0 bridgehead atoms. The summed E-state index contributed by atoms with van der Waals surface area (Å²) >= 11 is 0. The largest absolute Gasteiger partial charge is 0.381 e. The van der Waals surface area contributed by atoms with Crippen LogP contribution in [0.15, 0.2) is 0 Å². The Bertz CT molecular complexity index is 237. The monoisotopic (exact) mass is 267 g/mol. The predicted octanol–water partition coefficient (Wildman–Crippen LogP) is 4.14. The second kappa shape index (κ2) is 8.26. The molecular weight excluding hydrogens is 234 g/mol. The van der Waals surface area contributed by atoms with E-state index in [1.807, 2.05) is 0 Å². The van der Waals surface area contributed by atoms with Gasteiger partial charge in [-0.2, -0.15) is 0 Å². The Hall–Kier alpha value is -0.0800. The maximum absolute atomic E-state index is 5.47. The highest BCUT2D eigenvalue weighted by molar-refractivity contribution is 4.81. The van der Waals surface area contributed by atoms with Crippen molar-refractivity contribution in [1.82, 2.24) is 5.32 Å². The highest BCUT2D eigenvalue weighted by Crippen LogP contribution is 2.28. The standard InChI is InChI=1S/C17H33NO/c1-3-5-15-6-4-7-17(9-8-15)18-14(2)16-10-12-19-13-11-16/h14-18H,3-13H2,1-2H3. The van der Waals surface area contributed by atoms with Crippen LogP contribution < -0.4 is 5.32 Å². The summed E-state index contributed by atoms with van der Waals surface area (Å²) in [5, 5.41) is 3.94. The Morgan fingerprint density at radius 1 is 1.05 bits per heavy atom. The molecule has 112 valence electrons. The second-order valence-corrected chi connectivity index (χ2v) is 6.77. The fourth-order valence-corrected chi connectivity index (χ4v) is 3.97. The Morgan fingerprint density at radius 2 is 1.84 bits per heavy atom. The minimum Gasteiger partial charge on any atom is -0.381 e. The molecular formula is C17H33NO. The van der Waals surface area contributed by atoms with Crippen LogP contribution in [0.4, 0.5) is 0 Å². The Kier molecular flexibility index (Phi) is 6.66. The van der Waals surface area contributed by atoms with Gasteiger partial charge in [-0.25, -0.2) is 0 Å². The first-order valence-electron chi connectivity index (χ1n) is 8.63. The molecule has 3 atom stereocenters. The molecule has 0 aromatic rings. The van der Waals surface area contributed by atoms with Crippen molar-refractivity contribution >= 4 is 0 Å². The average molecular weight is 267 g/mol. The number of hydrogen-bond donors (Lipinski definition) is 1. The van der Waals surface area contributed by atoms with Gasteiger partial charge in [-0.1, -0.05) is 32.6 Å². The van der Waals surface area contributed by atoms with Gasteiger partial charge in [-0.15, -0.1) is 0 Å². The molecule has 1 N–H and O–H groups in total. The number of nitrogens with one attached hydrogen (secondary N) is 1. The average Bonchev–Trinajstić information content (AvgIpc) is 2.66. The van der Waals surface area contributed by atoms with Gasteiger partial charge in [0.05, 0.1) is 0 Å². The molecule has 1 saturated heterocycles. The lowest BCUT2D eigenvalue weighted by Crippen LogP contribution is -2.42. The van der Waals surface area contributed by atoms with Gasteiger partial charge in [0, 0.05) is 25.3 Å². The molecule has 2 heteroatoms. The molecule has 2 fully saturated rings. The highest BCUT2D eigenvalue weighted by atomic mass is 16.5. The zero-order chi connectivity index (χ0) is 13.5. The molecule has 2 nitrogen and oxygen atoms in total. The van der Waals surface area contributed by atoms with Crippen LogP contribution in [-0.2, 0) is 4.74 Å². The van der Waals surface area contributed by atoms with Crippen molar-refractivity contribution in [2.24, 2.45) is 11.8 Å². The van der Waals surface area contributed by atoms with E-state index >= 15 is 0 Å². The first-order valence-corrected chi connectivity index (χ1v) is 8.63. The lowest BCUT2D eigenvalue weighted by molar-refractivity contribution is 0.0541. The first-order chi connectivity index (χ1) is 9.29. The molecule has 0 radical (unpaired) electrons. The van der Waals surface area contributed by atoms with Gasteiger partial charge in [0.1, 0.15) is 0 Å². The molecule has 1 heterocycles. The SMILES string of the molecule is CCCC1CCCC(NC(C)C2CCOCC2)CC1. The smallest absolute Gasteiger partial charge is 0.0469 e. The molecule has 0 aromatic carbocycles. The van der Waals surface area contributed by atoms with Gasteiger partial charge in [-0.3, -0.25) is 0 Å². The molecule has 0 amide bonds. The fourth-order valence-electron chi connectivity index (χ4n) is 3.97. The topological polar surface area (TPSA) is 21.3 Å². The Morgan fingerprint density at radius 3 is 2.58 bits per heavy atom. The fraction of sp³-hybridized carbons (Fsp3) is 1.00. The third-order valence-corrected chi connectivity index (χ3v) is 5.26. The number of hydrogen-bond acceptors (Lipinski definition) is 2. The first kappa shape index (κ1) is 15.3. The van der Waals surface area contributed by atoms with Gasteiger partial charge < -0.3 is 10.1 Å². The van der Waals surface area contributed by atoms with Crippen LogP contribution in [0, 0.1) is 11.8 Å². The molecule has 2 rings (SSSR count). The molecule has 0 aromatic heterocycles. The second-order valence-electron chi connectivity index (χ2n) is 6.77. The third-order valence-electron chi connectivity index (χ3n) is 5.26. The lowest BCUT2D eigenvalue weighted by atomic mass is 9.91. The Labute approximate surface area is 119 Å². The van der Waals surface area contributed by atoms with Crippen LogP contribution in [0.2, 0.25) is 0 Å².